The van der Waals surface area contributed by atoms with Crippen molar-refractivity contribution in [2.45, 2.75) is 21.9 Å². The Labute approximate surface area is 236 Å². The van der Waals surface area contributed by atoms with Crippen LogP contribution in [-0.2, 0) is 39.4 Å². The third kappa shape index (κ3) is 8.58. The molecule has 42 heavy (non-hydrogen) atoms. The Morgan fingerprint density at radius 3 is 1.17 bits per heavy atom. The van der Waals surface area contributed by atoms with Crippen molar-refractivity contribution in [3.63, 3.8) is 0 Å². The van der Waals surface area contributed by atoms with Crippen molar-refractivity contribution in [1.82, 2.24) is 9.80 Å². The molecule has 8 N–H and O–H groups in total. The van der Waals surface area contributed by atoms with Crippen LogP contribution >= 0.6 is 0 Å². The first-order chi connectivity index (χ1) is 19.2. The molecule has 0 bridgehead atoms. The van der Waals surface area contributed by atoms with Gasteiger partial charge in [0.15, 0.2) is 0 Å². The molecule has 2 atom stereocenters. The summed E-state index contributed by atoms with van der Waals surface area (Å²) in [4.78, 5) is 47.1. The molecule has 2 aromatic carbocycles. The molecule has 20 heteroatoms. The lowest BCUT2D eigenvalue weighted by Crippen LogP contribution is -2.46. The molecule has 0 aliphatic carbocycles. The number of carboxylic acids is 4. The Morgan fingerprint density at radius 2 is 0.929 bits per heavy atom. The number of hydrogen-bond acceptors (Lipinski definition) is 12. The van der Waals surface area contributed by atoms with Gasteiger partial charge in [-0.25, -0.2) is 0 Å². The van der Waals surface area contributed by atoms with E-state index in [1.54, 1.807) is 0 Å². The highest BCUT2D eigenvalue weighted by Crippen LogP contribution is 2.34. The average molecular weight is 637 g/mol. The second-order valence-electron chi connectivity index (χ2n) is 8.60. The first-order valence-corrected chi connectivity index (χ1v) is 14.1. The molecule has 0 amide bonds. The van der Waals surface area contributed by atoms with Gasteiger partial charge in [0, 0.05) is 24.2 Å². The van der Waals surface area contributed by atoms with Crippen molar-refractivity contribution in [3.8, 4) is 11.5 Å². The Kier molecular flexibility index (Phi) is 10.6. The van der Waals surface area contributed by atoms with Crippen molar-refractivity contribution in [2.75, 3.05) is 26.2 Å². The fraction of sp³-hybridized carbons (Fsp3) is 0.273. The number of aliphatic carboxylic acids is 4. The van der Waals surface area contributed by atoms with Gasteiger partial charge in [-0.15, -0.1) is 0 Å². The summed E-state index contributed by atoms with van der Waals surface area (Å²) < 4.78 is 64.9. The zero-order valence-electron chi connectivity index (χ0n) is 21.0. The summed E-state index contributed by atoms with van der Waals surface area (Å²) in [6, 6.07) is -0.270. The monoisotopic (exact) mass is 636 g/mol. The summed E-state index contributed by atoms with van der Waals surface area (Å²) in [5, 5.41) is 59.1. The lowest BCUT2D eigenvalue weighted by atomic mass is 10.0. The SMILES string of the molecule is O=C(O)CN(CCN(CC(=O)O)C(C(=O)O)c1cc(S(=O)(=O)O)ccc1O)C(C(=O)O)c1cc(S(=O)(=O)O)ccc1O. The Hall–Kier alpha value is -4.34. The Balaban J connectivity index is 2.63. The summed E-state index contributed by atoms with van der Waals surface area (Å²) >= 11 is 0. The number of nitrogens with zero attached hydrogens (tertiary/aromatic N) is 2. The summed E-state index contributed by atoms with van der Waals surface area (Å²) in [5.74, 6) is -8.63. The number of rotatable bonds is 15. The number of phenols is 2. The lowest BCUT2D eigenvalue weighted by Gasteiger charge is -2.33. The van der Waals surface area contributed by atoms with Crippen LogP contribution in [0.3, 0.4) is 0 Å². The highest BCUT2D eigenvalue weighted by molar-refractivity contribution is 7.86. The van der Waals surface area contributed by atoms with E-state index in [4.69, 9.17) is 0 Å². The number of aromatic hydroxyl groups is 2. The summed E-state index contributed by atoms with van der Waals surface area (Å²) in [7, 11) is -9.84. The topological polar surface area (TPSA) is 305 Å². The highest BCUT2D eigenvalue weighted by atomic mass is 32.2. The number of phenolic OH excluding ortho intramolecular Hbond substituents is 2. The van der Waals surface area contributed by atoms with Gasteiger partial charge in [0.2, 0.25) is 0 Å². The molecule has 0 aliphatic rings. The quantitative estimate of drug-likeness (QED) is 0.112. The van der Waals surface area contributed by atoms with Crippen LogP contribution in [-0.4, -0.2) is 116 Å². The summed E-state index contributed by atoms with van der Waals surface area (Å²) in [6.45, 7) is -3.83. The molecular formula is C22H24N2O16S2. The predicted octanol–water partition coefficient (Wildman–Crippen LogP) is -0.684. The van der Waals surface area contributed by atoms with Crippen LogP contribution in [0, 0.1) is 0 Å². The largest absolute Gasteiger partial charge is 0.508 e. The second kappa shape index (κ2) is 13.1. The molecule has 2 unspecified atom stereocenters. The van der Waals surface area contributed by atoms with E-state index in [-0.39, 0.29) is 0 Å². The molecule has 0 heterocycles. The number of benzene rings is 2. The van der Waals surface area contributed by atoms with Gasteiger partial charge in [0.1, 0.15) is 23.6 Å². The number of carboxylic acid groups (broad SMARTS) is 4. The number of hydrogen-bond donors (Lipinski definition) is 8. The van der Waals surface area contributed by atoms with Gasteiger partial charge in [-0.3, -0.25) is 38.1 Å². The normalized spacial score (nSPS) is 13.5. The van der Waals surface area contributed by atoms with Crippen LogP contribution in [0.15, 0.2) is 46.2 Å². The van der Waals surface area contributed by atoms with Crippen LogP contribution in [0.4, 0.5) is 0 Å². The van der Waals surface area contributed by atoms with Gasteiger partial charge in [0.05, 0.1) is 22.9 Å². The van der Waals surface area contributed by atoms with Crippen LogP contribution in [0.1, 0.15) is 23.2 Å². The molecule has 0 spiro atoms. The van der Waals surface area contributed by atoms with E-state index in [0.29, 0.717) is 21.9 Å². The third-order valence-corrected chi connectivity index (χ3v) is 7.43. The third-order valence-electron chi connectivity index (χ3n) is 5.73. The minimum Gasteiger partial charge on any atom is -0.508 e. The smallest absolute Gasteiger partial charge is 0.325 e. The molecule has 0 fully saturated rings. The molecule has 0 aromatic heterocycles. The molecule has 230 valence electrons. The van der Waals surface area contributed by atoms with E-state index in [1.807, 2.05) is 0 Å². The fourth-order valence-corrected chi connectivity index (χ4v) is 5.03. The highest BCUT2D eigenvalue weighted by Gasteiger charge is 2.36. The Morgan fingerprint density at radius 1 is 0.619 bits per heavy atom. The fourth-order valence-electron chi connectivity index (χ4n) is 4.00. The molecule has 0 radical (unpaired) electrons. The van der Waals surface area contributed by atoms with Gasteiger partial charge >= 0.3 is 23.9 Å². The van der Waals surface area contributed by atoms with Crippen molar-refractivity contribution < 1.29 is 75.8 Å². The van der Waals surface area contributed by atoms with E-state index in [2.05, 4.69) is 0 Å². The maximum atomic E-state index is 12.2. The molecule has 2 rings (SSSR count). The first-order valence-electron chi connectivity index (χ1n) is 11.2. The van der Waals surface area contributed by atoms with Crippen molar-refractivity contribution in [1.29, 1.82) is 0 Å². The minimum atomic E-state index is -4.92. The van der Waals surface area contributed by atoms with Crippen molar-refractivity contribution in [3.05, 3.63) is 47.5 Å². The van der Waals surface area contributed by atoms with E-state index < -0.39 is 115 Å². The maximum Gasteiger partial charge on any atom is 0.325 e. The Bertz CT molecular complexity index is 1490. The summed E-state index contributed by atoms with van der Waals surface area (Å²) in [5.41, 5.74) is -1.39. The zero-order chi connectivity index (χ0) is 32.2. The van der Waals surface area contributed by atoms with Gasteiger partial charge in [0.25, 0.3) is 20.2 Å². The van der Waals surface area contributed by atoms with Crippen LogP contribution in [0.2, 0.25) is 0 Å². The maximum absolute atomic E-state index is 12.2. The van der Waals surface area contributed by atoms with Gasteiger partial charge in [-0.05, 0) is 36.4 Å². The first kappa shape index (κ1) is 33.9. The van der Waals surface area contributed by atoms with Gasteiger partial charge in [-0.2, -0.15) is 16.8 Å². The zero-order valence-corrected chi connectivity index (χ0v) is 22.6. The van der Waals surface area contributed by atoms with Gasteiger partial charge in [-0.1, -0.05) is 0 Å². The summed E-state index contributed by atoms with van der Waals surface area (Å²) in [6.07, 6.45) is 0. The van der Waals surface area contributed by atoms with E-state index in [0.717, 1.165) is 24.3 Å². The van der Waals surface area contributed by atoms with E-state index in [1.165, 1.54) is 0 Å². The second-order valence-corrected chi connectivity index (χ2v) is 11.4. The van der Waals surface area contributed by atoms with Crippen LogP contribution < -0.4 is 0 Å². The molecule has 0 saturated carbocycles. The van der Waals surface area contributed by atoms with Crippen molar-refractivity contribution >= 4 is 44.1 Å². The standard InChI is InChI=1S/C22H24N2O16S2/c25-15-3-1-11(41(35,36)37)7-13(15)19(21(31)32)23(9-17(27)28)5-6-24(10-18(29)30)20(22(33)34)14-8-12(42(38,39)40)2-4-16(14)26/h1-4,7-8,19-20,25-26H,5-6,9-10H2,(H,27,28)(H,29,30)(H,31,32)(H,33,34)(H,35,36,37)(H,38,39,40). The molecular weight excluding hydrogens is 612 g/mol. The van der Waals surface area contributed by atoms with Crippen molar-refractivity contribution in [2.24, 2.45) is 0 Å². The van der Waals surface area contributed by atoms with Crippen LogP contribution in [0.5, 0.6) is 11.5 Å². The minimum absolute atomic E-state index is 0.562. The predicted molar refractivity (Wildman–Crippen MR) is 135 cm³/mol. The molecule has 0 saturated heterocycles. The lowest BCUT2D eigenvalue weighted by molar-refractivity contribution is -0.150. The molecule has 2 aromatic rings. The number of carbonyl (C=O) groups is 4. The van der Waals surface area contributed by atoms with E-state index >= 15 is 0 Å². The average Bonchev–Trinajstić information content (AvgIpc) is 2.82. The molecule has 18 nitrogen and oxygen atoms in total. The van der Waals surface area contributed by atoms with Crippen LogP contribution in [0.25, 0.3) is 0 Å². The van der Waals surface area contributed by atoms with Gasteiger partial charge < -0.3 is 30.6 Å². The van der Waals surface area contributed by atoms with E-state index in [9.17, 15) is 75.8 Å². The molecule has 0 aliphatic heterocycles.